The molecule has 4 heteroatoms. The van der Waals surface area contributed by atoms with Gasteiger partial charge in [-0.2, -0.15) is 0 Å². The molecule has 1 rings (SSSR count). The van der Waals surface area contributed by atoms with Crippen LogP contribution in [0.25, 0.3) is 0 Å². The number of unbranched alkanes of at least 4 members (excludes halogenated alkanes) is 1. The minimum absolute atomic E-state index is 0.106. The van der Waals surface area contributed by atoms with Gasteiger partial charge >= 0.3 is 0 Å². The van der Waals surface area contributed by atoms with Crippen LogP contribution < -0.4 is 11.1 Å². The number of amides is 1. The number of nitrogens with zero attached hydrogens (tertiary/aromatic N) is 1. The first-order chi connectivity index (χ1) is 8.61. The van der Waals surface area contributed by atoms with E-state index in [2.05, 4.69) is 10.2 Å². The Hall–Kier alpha value is -1.39. The van der Waals surface area contributed by atoms with E-state index in [1.165, 1.54) is 0 Å². The number of carbonyl (C=O) groups excluding carboxylic acids is 1. The maximum atomic E-state index is 11.8. The maximum absolute atomic E-state index is 11.8. The van der Waals surface area contributed by atoms with E-state index in [9.17, 15) is 4.79 Å². The van der Waals surface area contributed by atoms with E-state index in [4.69, 9.17) is 5.73 Å². The zero-order chi connectivity index (χ0) is 13.4. The van der Waals surface area contributed by atoms with Gasteiger partial charge in [-0.15, -0.1) is 0 Å². The summed E-state index contributed by atoms with van der Waals surface area (Å²) in [5, 5.41) is 2.87. The summed E-state index contributed by atoms with van der Waals surface area (Å²) in [5.74, 6) is -0.106. The largest absolute Gasteiger partial charge is 0.354 e. The lowest BCUT2D eigenvalue weighted by Crippen LogP contribution is -2.34. The van der Waals surface area contributed by atoms with E-state index in [-0.39, 0.29) is 5.91 Å². The molecule has 0 aliphatic carbocycles. The fraction of sp³-hybridized carbons (Fsp3) is 0.500. The fourth-order valence-electron chi connectivity index (χ4n) is 1.69. The Kier molecular flexibility index (Phi) is 6.39. The predicted octanol–water partition coefficient (Wildman–Crippen LogP) is 1.14. The Morgan fingerprint density at radius 1 is 1.28 bits per heavy atom. The summed E-state index contributed by atoms with van der Waals surface area (Å²) < 4.78 is 0. The third-order valence-corrected chi connectivity index (χ3v) is 2.77. The average Bonchev–Trinajstić information content (AvgIpc) is 2.38. The summed E-state index contributed by atoms with van der Waals surface area (Å²) in [6, 6.07) is 8.86. The molecule has 1 amide bonds. The van der Waals surface area contributed by atoms with Gasteiger partial charge in [0.1, 0.15) is 6.04 Å². The van der Waals surface area contributed by atoms with Gasteiger partial charge in [0.2, 0.25) is 5.91 Å². The molecule has 1 aromatic carbocycles. The van der Waals surface area contributed by atoms with Crippen LogP contribution in [0.15, 0.2) is 30.3 Å². The van der Waals surface area contributed by atoms with Crippen LogP contribution in [0.5, 0.6) is 0 Å². The Labute approximate surface area is 109 Å². The van der Waals surface area contributed by atoms with Crippen molar-refractivity contribution >= 4 is 5.91 Å². The summed E-state index contributed by atoms with van der Waals surface area (Å²) in [7, 11) is 4.09. The van der Waals surface area contributed by atoms with Crippen LogP contribution in [0, 0.1) is 0 Å². The fourth-order valence-corrected chi connectivity index (χ4v) is 1.69. The molecule has 100 valence electrons. The first kappa shape index (κ1) is 14.7. The number of nitrogens with two attached hydrogens (primary N) is 1. The second-order valence-electron chi connectivity index (χ2n) is 4.69. The van der Waals surface area contributed by atoms with E-state index in [1.807, 2.05) is 44.4 Å². The SMILES string of the molecule is CN(C)CCCCNC(=O)[C@@H](N)c1ccccc1. The van der Waals surface area contributed by atoms with Gasteiger partial charge in [0, 0.05) is 6.54 Å². The van der Waals surface area contributed by atoms with Crippen LogP contribution in [0.2, 0.25) is 0 Å². The number of benzene rings is 1. The van der Waals surface area contributed by atoms with Crippen LogP contribution in [-0.2, 0) is 4.79 Å². The van der Waals surface area contributed by atoms with E-state index in [0.717, 1.165) is 24.9 Å². The molecule has 1 aromatic rings. The molecule has 0 heterocycles. The molecule has 3 N–H and O–H groups in total. The second-order valence-corrected chi connectivity index (χ2v) is 4.69. The minimum atomic E-state index is -0.569. The molecule has 0 aliphatic rings. The molecule has 0 saturated carbocycles. The van der Waals surface area contributed by atoms with Gasteiger partial charge in [-0.3, -0.25) is 4.79 Å². The highest BCUT2D eigenvalue weighted by Gasteiger charge is 2.14. The monoisotopic (exact) mass is 249 g/mol. The Bertz CT molecular complexity index is 351. The van der Waals surface area contributed by atoms with Gasteiger partial charge in [-0.05, 0) is 39.0 Å². The van der Waals surface area contributed by atoms with Crippen LogP contribution >= 0.6 is 0 Å². The molecule has 1 atom stereocenters. The lowest BCUT2D eigenvalue weighted by Gasteiger charge is -2.13. The molecule has 0 radical (unpaired) electrons. The topological polar surface area (TPSA) is 58.4 Å². The second kappa shape index (κ2) is 7.84. The zero-order valence-corrected chi connectivity index (χ0v) is 11.2. The van der Waals surface area contributed by atoms with Gasteiger partial charge in [-0.25, -0.2) is 0 Å². The molecule has 0 fully saturated rings. The van der Waals surface area contributed by atoms with Gasteiger partial charge in [0.25, 0.3) is 0 Å². The zero-order valence-electron chi connectivity index (χ0n) is 11.2. The molecule has 0 aliphatic heterocycles. The summed E-state index contributed by atoms with van der Waals surface area (Å²) >= 11 is 0. The summed E-state index contributed by atoms with van der Waals surface area (Å²) in [6.07, 6.45) is 2.05. The highest BCUT2D eigenvalue weighted by atomic mass is 16.2. The van der Waals surface area contributed by atoms with E-state index in [0.29, 0.717) is 6.54 Å². The molecule has 0 saturated heterocycles. The normalized spacial score (nSPS) is 12.4. The number of carbonyl (C=O) groups is 1. The summed E-state index contributed by atoms with van der Waals surface area (Å²) in [6.45, 7) is 1.73. The van der Waals surface area contributed by atoms with Crippen molar-refractivity contribution in [1.82, 2.24) is 10.2 Å². The van der Waals surface area contributed by atoms with E-state index < -0.39 is 6.04 Å². The van der Waals surface area contributed by atoms with Crippen molar-refractivity contribution in [2.24, 2.45) is 5.73 Å². The molecule has 0 spiro atoms. The minimum Gasteiger partial charge on any atom is -0.354 e. The van der Waals surface area contributed by atoms with Crippen molar-refractivity contribution in [2.75, 3.05) is 27.2 Å². The van der Waals surface area contributed by atoms with Crippen molar-refractivity contribution in [3.05, 3.63) is 35.9 Å². The Balaban J connectivity index is 2.25. The van der Waals surface area contributed by atoms with Crippen molar-refractivity contribution < 1.29 is 4.79 Å². The molecule has 0 unspecified atom stereocenters. The van der Waals surface area contributed by atoms with Gasteiger partial charge in [0.05, 0.1) is 0 Å². The lowest BCUT2D eigenvalue weighted by atomic mass is 10.1. The maximum Gasteiger partial charge on any atom is 0.241 e. The predicted molar refractivity (Wildman–Crippen MR) is 74.2 cm³/mol. The van der Waals surface area contributed by atoms with Gasteiger partial charge in [-0.1, -0.05) is 30.3 Å². The Morgan fingerprint density at radius 3 is 2.56 bits per heavy atom. The molecule has 0 bridgehead atoms. The quantitative estimate of drug-likeness (QED) is 0.713. The summed E-state index contributed by atoms with van der Waals surface area (Å²) in [5.41, 5.74) is 6.73. The van der Waals surface area contributed by atoms with Crippen molar-refractivity contribution in [3.63, 3.8) is 0 Å². The van der Waals surface area contributed by atoms with Gasteiger partial charge < -0.3 is 16.0 Å². The number of nitrogens with one attached hydrogen (secondary N) is 1. The first-order valence-corrected chi connectivity index (χ1v) is 6.34. The van der Waals surface area contributed by atoms with E-state index in [1.54, 1.807) is 0 Å². The average molecular weight is 249 g/mol. The van der Waals surface area contributed by atoms with Crippen molar-refractivity contribution in [3.8, 4) is 0 Å². The van der Waals surface area contributed by atoms with Gasteiger partial charge in [0.15, 0.2) is 0 Å². The highest BCUT2D eigenvalue weighted by Crippen LogP contribution is 2.08. The van der Waals surface area contributed by atoms with Crippen molar-refractivity contribution in [2.45, 2.75) is 18.9 Å². The lowest BCUT2D eigenvalue weighted by molar-refractivity contribution is -0.122. The molecule has 18 heavy (non-hydrogen) atoms. The molecular formula is C14H23N3O. The number of hydrogen-bond acceptors (Lipinski definition) is 3. The number of rotatable bonds is 7. The highest BCUT2D eigenvalue weighted by molar-refractivity contribution is 5.82. The van der Waals surface area contributed by atoms with Crippen LogP contribution in [0.1, 0.15) is 24.4 Å². The third-order valence-electron chi connectivity index (χ3n) is 2.77. The number of hydrogen-bond donors (Lipinski definition) is 2. The van der Waals surface area contributed by atoms with Crippen LogP contribution in [-0.4, -0.2) is 38.0 Å². The molecule has 0 aromatic heterocycles. The standard InChI is InChI=1S/C14H23N3O/c1-17(2)11-7-6-10-16-14(18)13(15)12-8-4-3-5-9-12/h3-5,8-9,13H,6-7,10-11,15H2,1-2H3,(H,16,18)/t13-/m0/s1. The Morgan fingerprint density at radius 2 is 1.94 bits per heavy atom. The van der Waals surface area contributed by atoms with Crippen LogP contribution in [0.4, 0.5) is 0 Å². The van der Waals surface area contributed by atoms with Crippen LogP contribution in [0.3, 0.4) is 0 Å². The molecule has 4 nitrogen and oxygen atoms in total. The first-order valence-electron chi connectivity index (χ1n) is 6.34. The summed E-state index contributed by atoms with van der Waals surface area (Å²) in [4.78, 5) is 13.9. The molecular weight excluding hydrogens is 226 g/mol. The third kappa shape index (κ3) is 5.29. The van der Waals surface area contributed by atoms with Crippen molar-refractivity contribution in [1.29, 1.82) is 0 Å². The van der Waals surface area contributed by atoms with E-state index >= 15 is 0 Å². The smallest absolute Gasteiger partial charge is 0.241 e.